The molecule has 0 radical (unpaired) electrons. The number of methoxy groups -OCH3 is 1. The Morgan fingerprint density at radius 1 is 0.939 bits per heavy atom. The molecule has 0 fully saturated rings. The summed E-state index contributed by atoms with van der Waals surface area (Å²) in [6, 6.07) is 16.3. The zero-order valence-corrected chi connectivity index (χ0v) is 21.0. The Morgan fingerprint density at radius 3 is 2.36 bits per heavy atom. The molecule has 0 aliphatic carbocycles. The van der Waals surface area contributed by atoms with E-state index in [2.05, 4.69) is 31.3 Å². The van der Waals surface area contributed by atoms with Gasteiger partial charge in [-0.2, -0.15) is 0 Å². The number of alkyl carbamates (subject to hydrolysis) is 1. The summed E-state index contributed by atoms with van der Waals surface area (Å²) >= 11 is 0. The van der Waals surface area contributed by atoms with Gasteiger partial charge in [0.1, 0.15) is 18.5 Å². The molecule has 0 heterocycles. The molecule has 33 heavy (non-hydrogen) atoms. The van der Waals surface area contributed by atoms with Crippen molar-refractivity contribution in [2.45, 2.75) is 77.9 Å². The highest BCUT2D eigenvalue weighted by molar-refractivity contribution is 5.70. The average Bonchev–Trinajstić information content (AvgIpc) is 2.80. The van der Waals surface area contributed by atoms with E-state index >= 15 is 0 Å². The molecule has 0 aliphatic heterocycles. The first-order valence-corrected chi connectivity index (χ1v) is 12.2. The lowest BCUT2D eigenvalue weighted by atomic mass is 9.91. The summed E-state index contributed by atoms with van der Waals surface area (Å²) in [7, 11) is 1.66. The summed E-state index contributed by atoms with van der Waals surface area (Å²) in [4.78, 5) is 12.7. The van der Waals surface area contributed by atoms with Crippen LogP contribution < -0.4 is 10.1 Å². The molecule has 2 rings (SSSR count). The van der Waals surface area contributed by atoms with Crippen LogP contribution in [0.3, 0.4) is 0 Å². The standard InChI is InChI=1S/C28H41NO4/c1-6-8-9-14-26(11-7-2)33-27(30)29-28(3,4)24-13-10-12-23(21-24)22-15-17-25(18-16-22)32-20-19-31-5/h10,12-13,15-18,21,26H,6-9,11,14,19-20H2,1-5H3,(H,29,30). The van der Waals surface area contributed by atoms with E-state index in [1.165, 1.54) is 6.42 Å². The maximum Gasteiger partial charge on any atom is 0.408 e. The lowest BCUT2D eigenvalue weighted by molar-refractivity contribution is 0.0786. The SMILES string of the molecule is CCCCCC(CCC)OC(=O)NC(C)(C)c1cccc(-c2ccc(OCCOC)cc2)c1. The van der Waals surface area contributed by atoms with Crippen molar-refractivity contribution >= 4 is 6.09 Å². The van der Waals surface area contributed by atoms with Crippen molar-refractivity contribution in [2.75, 3.05) is 20.3 Å². The van der Waals surface area contributed by atoms with Crippen molar-refractivity contribution < 1.29 is 19.0 Å². The number of carbonyl (C=O) groups is 1. The Bertz CT molecular complexity index is 832. The van der Waals surface area contributed by atoms with Crippen LogP contribution in [-0.2, 0) is 15.0 Å². The van der Waals surface area contributed by atoms with Gasteiger partial charge < -0.3 is 19.5 Å². The lowest BCUT2D eigenvalue weighted by Crippen LogP contribution is -2.42. The number of amides is 1. The number of rotatable bonds is 14. The van der Waals surface area contributed by atoms with Crippen LogP contribution in [0.4, 0.5) is 4.79 Å². The van der Waals surface area contributed by atoms with E-state index < -0.39 is 5.54 Å². The first-order valence-electron chi connectivity index (χ1n) is 12.2. The highest BCUT2D eigenvalue weighted by Crippen LogP contribution is 2.28. The van der Waals surface area contributed by atoms with Crippen molar-refractivity contribution in [3.8, 4) is 16.9 Å². The van der Waals surface area contributed by atoms with Crippen LogP contribution in [0.2, 0.25) is 0 Å². The van der Waals surface area contributed by atoms with Crippen molar-refractivity contribution in [3.05, 3.63) is 54.1 Å². The number of benzene rings is 2. The van der Waals surface area contributed by atoms with Crippen molar-refractivity contribution in [3.63, 3.8) is 0 Å². The van der Waals surface area contributed by atoms with Crippen LogP contribution in [0, 0.1) is 0 Å². The fourth-order valence-corrected chi connectivity index (χ4v) is 3.79. The molecular weight excluding hydrogens is 414 g/mol. The normalized spacial score (nSPS) is 12.3. The second-order valence-corrected chi connectivity index (χ2v) is 9.01. The largest absolute Gasteiger partial charge is 0.491 e. The van der Waals surface area contributed by atoms with Crippen molar-refractivity contribution in [1.29, 1.82) is 0 Å². The van der Waals surface area contributed by atoms with E-state index in [0.717, 1.165) is 54.5 Å². The quantitative estimate of drug-likeness (QED) is 0.309. The van der Waals surface area contributed by atoms with E-state index in [1.807, 2.05) is 50.2 Å². The number of hydrogen-bond acceptors (Lipinski definition) is 4. The van der Waals surface area contributed by atoms with E-state index in [1.54, 1.807) is 7.11 Å². The maximum atomic E-state index is 12.7. The molecule has 1 atom stereocenters. The Kier molecular flexibility index (Phi) is 11.2. The minimum absolute atomic E-state index is 0.0201. The van der Waals surface area contributed by atoms with Gasteiger partial charge in [-0.3, -0.25) is 0 Å². The Hall–Kier alpha value is -2.53. The topological polar surface area (TPSA) is 56.8 Å². The molecule has 0 saturated carbocycles. The maximum absolute atomic E-state index is 12.7. The third kappa shape index (κ3) is 9.09. The molecule has 2 aromatic carbocycles. The van der Waals surface area contributed by atoms with Crippen LogP contribution in [0.15, 0.2) is 48.5 Å². The highest BCUT2D eigenvalue weighted by atomic mass is 16.6. The molecule has 0 aromatic heterocycles. The van der Waals surface area contributed by atoms with Gasteiger partial charge in [0.05, 0.1) is 12.1 Å². The predicted octanol–water partition coefficient (Wildman–Crippen LogP) is 7.09. The molecule has 182 valence electrons. The molecular formula is C28H41NO4. The third-order valence-electron chi connectivity index (χ3n) is 5.76. The lowest BCUT2D eigenvalue weighted by Gasteiger charge is -2.28. The van der Waals surface area contributed by atoms with E-state index in [4.69, 9.17) is 14.2 Å². The first kappa shape index (κ1) is 26.7. The fraction of sp³-hybridized carbons (Fsp3) is 0.536. The predicted molar refractivity (Wildman–Crippen MR) is 135 cm³/mol. The Labute approximate surface area is 199 Å². The summed E-state index contributed by atoms with van der Waals surface area (Å²) in [6.45, 7) is 9.41. The molecule has 1 N–H and O–H groups in total. The van der Waals surface area contributed by atoms with Gasteiger partial charge in [0.15, 0.2) is 0 Å². The summed E-state index contributed by atoms with van der Waals surface area (Å²) in [5, 5.41) is 3.08. The van der Waals surface area contributed by atoms with Crippen LogP contribution >= 0.6 is 0 Å². The van der Waals surface area contributed by atoms with Gasteiger partial charge in [0.2, 0.25) is 0 Å². The van der Waals surface area contributed by atoms with Crippen LogP contribution in [0.5, 0.6) is 5.75 Å². The smallest absolute Gasteiger partial charge is 0.408 e. The zero-order chi connectivity index (χ0) is 24.1. The van der Waals surface area contributed by atoms with Gasteiger partial charge in [-0.15, -0.1) is 0 Å². The molecule has 0 saturated heterocycles. The van der Waals surface area contributed by atoms with Gasteiger partial charge in [0, 0.05) is 7.11 Å². The Balaban J connectivity index is 2.04. The summed E-state index contributed by atoms with van der Waals surface area (Å²) in [6.07, 6.45) is 5.89. The van der Waals surface area contributed by atoms with E-state index in [9.17, 15) is 4.79 Å². The average molecular weight is 456 g/mol. The molecule has 0 bridgehead atoms. The highest BCUT2D eigenvalue weighted by Gasteiger charge is 2.25. The second-order valence-electron chi connectivity index (χ2n) is 9.01. The Morgan fingerprint density at radius 2 is 1.70 bits per heavy atom. The summed E-state index contributed by atoms with van der Waals surface area (Å²) in [5.74, 6) is 0.817. The second kappa shape index (κ2) is 13.9. The van der Waals surface area contributed by atoms with Gasteiger partial charge in [0.25, 0.3) is 0 Å². The molecule has 1 amide bonds. The first-order chi connectivity index (χ1) is 15.9. The molecule has 2 aromatic rings. The van der Waals surface area contributed by atoms with E-state index in [-0.39, 0.29) is 12.2 Å². The van der Waals surface area contributed by atoms with Gasteiger partial charge in [-0.1, -0.05) is 63.4 Å². The van der Waals surface area contributed by atoms with Crippen LogP contribution in [0.25, 0.3) is 11.1 Å². The van der Waals surface area contributed by atoms with E-state index in [0.29, 0.717) is 13.2 Å². The molecule has 5 nitrogen and oxygen atoms in total. The van der Waals surface area contributed by atoms with Crippen LogP contribution in [-0.4, -0.2) is 32.5 Å². The molecule has 0 spiro atoms. The third-order valence-corrected chi connectivity index (χ3v) is 5.76. The summed E-state index contributed by atoms with van der Waals surface area (Å²) in [5.41, 5.74) is 2.64. The number of unbranched alkanes of at least 4 members (excludes halogenated alkanes) is 2. The molecule has 5 heteroatoms. The molecule has 0 aliphatic rings. The minimum Gasteiger partial charge on any atom is -0.491 e. The summed E-state index contributed by atoms with van der Waals surface area (Å²) < 4.78 is 16.5. The minimum atomic E-state index is -0.559. The van der Waals surface area contributed by atoms with Gasteiger partial charge in [-0.25, -0.2) is 4.79 Å². The number of carbonyl (C=O) groups excluding carboxylic acids is 1. The fourth-order valence-electron chi connectivity index (χ4n) is 3.79. The van der Waals surface area contributed by atoms with Crippen LogP contribution in [0.1, 0.15) is 71.8 Å². The number of hydrogen-bond donors (Lipinski definition) is 1. The van der Waals surface area contributed by atoms with Gasteiger partial charge in [-0.05, 0) is 68.0 Å². The van der Waals surface area contributed by atoms with Crippen molar-refractivity contribution in [2.24, 2.45) is 0 Å². The van der Waals surface area contributed by atoms with Gasteiger partial charge >= 0.3 is 6.09 Å². The molecule has 1 unspecified atom stereocenters. The number of ether oxygens (including phenoxy) is 3. The number of nitrogens with one attached hydrogen (secondary N) is 1. The zero-order valence-electron chi connectivity index (χ0n) is 21.0. The van der Waals surface area contributed by atoms with Crippen molar-refractivity contribution in [1.82, 2.24) is 5.32 Å². The monoisotopic (exact) mass is 455 g/mol.